The van der Waals surface area contributed by atoms with Crippen LogP contribution in [0.25, 0.3) is 0 Å². The zero-order chi connectivity index (χ0) is 21.1. The zero-order valence-electron chi connectivity index (χ0n) is 19.2. The van der Waals surface area contributed by atoms with Crippen LogP contribution >= 0.6 is 0 Å². The maximum Gasteiger partial charge on any atom is -0.0348 e. The van der Waals surface area contributed by atoms with Crippen molar-refractivity contribution in [1.29, 1.82) is 0 Å². The van der Waals surface area contributed by atoms with Gasteiger partial charge in [-0.15, -0.1) is 0 Å². The average Bonchev–Trinajstić information content (AvgIpc) is 2.74. The predicted octanol–water partition coefficient (Wildman–Crippen LogP) is 10.0. The number of allylic oxidation sites excluding steroid dienone is 11. The van der Waals surface area contributed by atoms with Crippen LogP contribution in [0.2, 0.25) is 0 Å². The Morgan fingerprint density at radius 1 is 0.414 bits per heavy atom. The maximum atomic E-state index is 5.24. The van der Waals surface area contributed by atoms with E-state index in [1.807, 2.05) is 30.4 Å². The summed E-state index contributed by atoms with van der Waals surface area (Å²) in [6, 6.07) is 0. The normalized spacial score (nSPS) is 12.6. The first-order chi connectivity index (χ1) is 14.4. The Labute approximate surface area is 183 Å². The molecular weight excluding hydrogens is 348 g/mol. The highest BCUT2D eigenvalue weighted by atomic mass is 14.0. The third kappa shape index (κ3) is 26.4. The first kappa shape index (κ1) is 27.4. The summed E-state index contributed by atoms with van der Waals surface area (Å²) in [6.07, 6.45) is 44.5. The van der Waals surface area contributed by atoms with Crippen molar-refractivity contribution in [2.24, 2.45) is 0 Å². The molecule has 0 nitrogen and oxygen atoms in total. The Balaban J connectivity index is 3.26. The molecule has 29 heavy (non-hydrogen) atoms. The van der Waals surface area contributed by atoms with Crippen LogP contribution in [0, 0.1) is 6.58 Å². The van der Waals surface area contributed by atoms with E-state index in [1.165, 1.54) is 109 Å². The second-order valence-corrected chi connectivity index (χ2v) is 7.90. The summed E-state index contributed by atoms with van der Waals surface area (Å²) in [5, 5.41) is 0. The first-order valence-electron chi connectivity index (χ1n) is 12.3. The number of rotatable bonds is 21. The highest BCUT2D eigenvalue weighted by molar-refractivity contribution is 5.18. The summed E-state index contributed by atoms with van der Waals surface area (Å²) in [7, 11) is 0. The van der Waals surface area contributed by atoms with Crippen molar-refractivity contribution in [2.75, 3.05) is 0 Å². The molecule has 0 aromatic carbocycles. The molecule has 0 rings (SSSR count). The van der Waals surface area contributed by atoms with E-state index >= 15 is 0 Å². The summed E-state index contributed by atoms with van der Waals surface area (Å²) in [5.74, 6) is 0. The molecule has 1 radical (unpaired) electrons. The third-order valence-electron chi connectivity index (χ3n) is 5.11. The molecule has 0 heterocycles. The van der Waals surface area contributed by atoms with E-state index < -0.39 is 0 Å². The zero-order valence-corrected chi connectivity index (χ0v) is 19.2. The Morgan fingerprint density at radius 3 is 1.17 bits per heavy atom. The molecule has 0 atom stereocenters. The Morgan fingerprint density at radius 2 is 0.759 bits per heavy atom. The van der Waals surface area contributed by atoms with Gasteiger partial charge in [0.2, 0.25) is 0 Å². The summed E-state index contributed by atoms with van der Waals surface area (Å²) in [5.41, 5.74) is 0. The number of hydrogen-bond acceptors (Lipinski definition) is 0. The second kappa shape index (κ2) is 26.4. The lowest BCUT2D eigenvalue weighted by molar-refractivity contribution is 0.533. The van der Waals surface area contributed by atoms with Gasteiger partial charge in [-0.2, -0.15) is 0 Å². The smallest absolute Gasteiger partial charge is 0.0348 e. The van der Waals surface area contributed by atoms with Crippen molar-refractivity contribution < 1.29 is 0 Å². The Kier molecular flexibility index (Phi) is 25.0. The van der Waals surface area contributed by atoms with E-state index in [2.05, 4.69) is 31.2 Å². The van der Waals surface area contributed by atoms with E-state index in [4.69, 9.17) is 6.58 Å². The molecular formula is C29H47. The van der Waals surface area contributed by atoms with Crippen LogP contribution in [0.4, 0.5) is 0 Å². The molecule has 0 saturated carbocycles. The summed E-state index contributed by atoms with van der Waals surface area (Å²) < 4.78 is 0. The maximum absolute atomic E-state index is 5.24. The molecule has 0 unspecified atom stereocenters. The van der Waals surface area contributed by atoms with Gasteiger partial charge in [0.1, 0.15) is 0 Å². The molecule has 0 spiro atoms. The average molecular weight is 396 g/mol. The molecule has 0 aromatic rings. The lowest BCUT2D eigenvalue weighted by Gasteiger charge is -2.03. The standard InChI is InChI=1S/C29H47/c1-3-5-7-9-11-13-15-17-19-21-23-25-27-29-28-26-24-22-20-18-16-14-12-10-8-6-4-2/h1,3,5,7,9,11,13,15,17,19,21,23H,4,6,8,10,12,14,16,18,20,22,24-29H2,2H3. The molecule has 0 amide bonds. The molecule has 0 saturated heterocycles. The van der Waals surface area contributed by atoms with Crippen molar-refractivity contribution in [3.05, 3.63) is 73.4 Å². The fraction of sp³-hybridized carbons (Fsp3) is 0.586. The quantitative estimate of drug-likeness (QED) is 0.134. The van der Waals surface area contributed by atoms with E-state index in [-0.39, 0.29) is 0 Å². The van der Waals surface area contributed by atoms with E-state index in [0.29, 0.717) is 0 Å². The fourth-order valence-electron chi connectivity index (χ4n) is 3.32. The van der Waals surface area contributed by atoms with Gasteiger partial charge in [-0.05, 0) is 12.8 Å². The molecule has 163 valence electrons. The molecule has 0 heteroatoms. The third-order valence-corrected chi connectivity index (χ3v) is 5.11. The lowest BCUT2D eigenvalue weighted by atomic mass is 10.0. The topological polar surface area (TPSA) is 0 Å². The second-order valence-electron chi connectivity index (χ2n) is 7.90. The van der Waals surface area contributed by atoms with Gasteiger partial charge in [0.15, 0.2) is 0 Å². The minimum absolute atomic E-state index is 1.20. The van der Waals surface area contributed by atoms with Gasteiger partial charge in [0.25, 0.3) is 0 Å². The Bertz CT molecular complexity index is 458. The number of unbranched alkanes of at least 4 members (excludes halogenated alkanes) is 15. The first-order valence-corrected chi connectivity index (χ1v) is 12.3. The summed E-state index contributed by atoms with van der Waals surface area (Å²) in [6.45, 7) is 7.54. The van der Waals surface area contributed by atoms with Crippen molar-refractivity contribution in [1.82, 2.24) is 0 Å². The highest BCUT2D eigenvalue weighted by Gasteiger charge is 1.94. The van der Waals surface area contributed by atoms with Crippen LogP contribution in [-0.4, -0.2) is 0 Å². The molecule has 0 aliphatic carbocycles. The van der Waals surface area contributed by atoms with Gasteiger partial charge in [0.05, 0.1) is 0 Å². The van der Waals surface area contributed by atoms with Gasteiger partial charge >= 0.3 is 0 Å². The molecule has 0 N–H and O–H groups in total. The SMILES string of the molecule is [CH]=CC=CC=CC=CC=CC=CCCCCCCCCCCCCCCCCC. The van der Waals surface area contributed by atoms with Gasteiger partial charge in [0, 0.05) is 0 Å². The van der Waals surface area contributed by atoms with Crippen molar-refractivity contribution in [3.8, 4) is 0 Å². The van der Waals surface area contributed by atoms with Gasteiger partial charge in [-0.25, -0.2) is 0 Å². The van der Waals surface area contributed by atoms with Crippen LogP contribution < -0.4 is 0 Å². The monoisotopic (exact) mass is 395 g/mol. The van der Waals surface area contributed by atoms with E-state index in [9.17, 15) is 0 Å². The van der Waals surface area contributed by atoms with Crippen LogP contribution in [0.1, 0.15) is 110 Å². The minimum Gasteiger partial charge on any atom is -0.0845 e. The van der Waals surface area contributed by atoms with Crippen molar-refractivity contribution in [3.63, 3.8) is 0 Å². The largest absolute Gasteiger partial charge is 0.0845 e. The predicted molar refractivity (Wildman–Crippen MR) is 134 cm³/mol. The summed E-state index contributed by atoms with van der Waals surface area (Å²) >= 11 is 0. The Hall–Kier alpha value is -1.56. The van der Waals surface area contributed by atoms with E-state index in [0.717, 1.165) is 0 Å². The molecule has 0 fully saturated rings. The highest BCUT2D eigenvalue weighted by Crippen LogP contribution is 2.13. The molecule has 0 bridgehead atoms. The van der Waals surface area contributed by atoms with Gasteiger partial charge in [-0.1, -0.05) is 170 Å². The number of hydrogen-bond donors (Lipinski definition) is 0. The minimum atomic E-state index is 1.20. The molecule has 0 aliphatic rings. The fourth-order valence-corrected chi connectivity index (χ4v) is 3.32. The van der Waals surface area contributed by atoms with E-state index in [1.54, 1.807) is 6.08 Å². The van der Waals surface area contributed by atoms with Crippen LogP contribution in [0.3, 0.4) is 0 Å². The van der Waals surface area contributed by atoms with Gasteiger partial charge < -0.3 is 0 Å². The lowest BCUT2D eigenvalue weighted by Crippen LogP contribution is -1.83. The van der Waals surface area contributed by atoms with Crippen molar-refractivity contribution in [2.45, 2.75) is 110 Å². The molecule has 0 aromatic heterocycles. The van der Waals surface area contributed by atoms with Crippen LogP contribution in [0.5, 0.6) is 0 Å². The van der Waals surface area contributed by atoms with Crippen LogP contribution in [-0.2, 0) is 0 Å². The molecule has 0 aliphatic heterocycles. The van der Waals surface area contributed by atoms with Crippen LogP contribution in [0.15, 0.2) is 66.8 Å². The summed E-state index contributed by atoms with van der Waals surface area (Å²) in [4.78, 5) is 0. The van der Waals surface area contributed by atoms with Gasteiger partial charge in [-0.3, -0.25) is 0 Å². The van der Waals surface area contributed by atoms with Crippen molar-refractivity contribution >= 4 is 0 Å².